The van der Waals surface area contributed by atoms with Gasteiger partial charge in [0.25, 0.3) is 0 Å². The first kappa shape index (κ1) is 21.6. The Hall–Kier alpha value is -4.11. The van der Waals surface area contributed by atoms with Gasteiger partial charge in [0.1, 0.15) is 5.58 Å². The third-order valence-electron chi connectivity index (χ3n) is 6.71. The Morgan fingerprint density at radius 3 is 2.35 bits per heavy atom. The summed E-state index contributed by atoms with van der Waals surface area (Å²) >= 11 is 0. The van der Waals surface area contributed by atoms with Crippen molar-refractivity contribution in [1.82, 2.24) is 9.97 Å². The van der Waals surface area contributed by atoms with Gasteiger partial charge in [-0.15, -0.1) is 53.6 Å². The number of hydrogen-bond acceptors (Lipinski definition) is 3. The molecule has 217 valence electrons. The van der Waals surface area contributed by atoms with Crippen LogP contribution in [0.2, 0.25) is 0 Å². The van der Waals surface area contributed by atoms with Crippen LogP contribution in [0.5, 0.6) is 0 Å². The number of aromatic nitrogens is 2. The number of rotatable bonds is 3. The van der Waals surface area contributed by atoms with Crippen molar-refractivity contribution in [3.63, 3.8) is 0 Å². The third-order valence-corrected chi connectivity index (χ3v) is 6.71. The summed E-state index contributed by atoms with van der Waals surface area (Å²) in [5.74, 6) is 0. The first-order valence-corrected chi connectivity index (χ1v) is 13.7. The molecule has 3 aromatic heterocycles. The smallest absolute Gasteiger partial charge is 0.128 e. The largest absolute Gasteiger partial charge is 0.500 e. The molecule has 7 aromatic rings. The van der Waals surface area contributed by atoms with Gasteiger partial charge < -0.3 is 14.4 Å². The quantitative estimate of drug-likeness (QED) is 0.169. The maximum absolute atomic E-state index is 8.62. The average molecular weight is 747 g/mol. The molecular formula is C39H34IrN2O-2. The van der Waals surface area contributed by atoms with Crippen molar-refractivity contribution in [2.24, 2.45) is 5.41 Å². The molecule has 0 amide bonds. The van der Waals surface area contributed by atoms with Crippen LogP contribution >= 0.6 is 0 Å². The van der Waals surface area contributed by atoms with Gasteiger partial charge in [0.05, 0.1) is 5.58 Å². The maximum atomic E-state index is 8.62. The monoisotopic (exact) mass is 747 g/mol. The molecule has 43 heavy (non-hydrogen) atoms. The van der Waals surface area contributed by atoms with Crippen molar-refractivity contribution in [1.29, 1.82) is 0 Å². The van der Waals surface area contributed by atoms with Crippen LogP contribution in [-0.2, 0) is 26.5 Å². The number of nitrogens with zero attached hydrogens (tertiary/aromatic N) is 2. The Morgan fingerprint density at radius 2 is 1.60 bits per heavy atom. The summed E-state index contributed by atoms with van der Waals surface area (Å²) in [6.45, 7) is 1.38. The molecule has 0 fully saturated rings. The molecule has 4 heteroatoms. The molecule has 7 rings (SSSR count). The van der Waals surface area contributed by atoms with Crippen LogP contribution < -0.4 is 0 Å². The van der Waals surface area contributed by atoms with Crippen molar-refractivity contribution in [3.8, 4) is 22.5 Å². The van der Waals surface area contributed by atoms with E-state index in [2.05, 4.69) is 46.4 Å². The second-order valence-corrected chi connectivity index (χ2v) is 11.1. The van der Waals surface area contributed by atoms with E-state index in [0.717, 1.165) is 38.3 Å². The molecule has 0 aliphatic carbocycles. The molecule has 0 bridgehead atoms. The van der Waals surface area contributed by atoms with Crippen LogP contribution in [0.1, 0.15) is 48.4 Å². The molecule has 1 radical (unpaired) electrons. The summed E-state index contributed by atoms with van der Waals surface area (Å²) in [5, 5.41) is 4.27. The molecule has 0 spiro atoms. The van der Waals surface area contributed by atoms with Crippen molar-refractivity contribution in [2.45, 2.75) is 40.8 Å². The fourth-order valence-electron chi connectivity index (χ4n) is 4.88. The summed E-state index contributed by atoms with van der Waals surface area (Å²) in [4.78, 5) is 8.61. The average Bonchev–Trinajstić information content (AvgIpc) is 3.47. The molecule has 0 N–H and O–H groups in total. The van der Waals surface area contributed by atoms with Gasteiger partial charge in [-0.25, -0.2) is 0 Å². The van der Waals surface area contributed by atoms with Crippen LogP contribution in [0.4, 0.5) is 0 Å². The minimum atomic E-state index is -2.18. The van der Waals surface area contributed by atoms with E-state index in [0.29, 0.717) is 22.5 Å². The van der Waals surface area contributed by atoms with Gasteiger partial charge in [-0.3, -0.25) is 0 Å². The third kappa shape index (κ3) is 6.77. The van der Waals surface area contributed by atoms with Crippen molar-refractivity contribution < 1.29 is 35.5 Å². The summed E-state index contributed by atoms with van der Waals surface area (Å²) in [6, 6.07) is 33.6. The Morgan fingerprint density at radius 1 is 0.791 bits per heavy atom. The van der Waals surface area contributed by atoms with E-state index in [1.165, 1.54) is 24.4 Å². The molecule has 4 aromatic carbocycles. The Bertz CT molecular complexity index is 2250. The van der Waals surface area contributed by atoms with E-state index in [1.807, 2.05) is 51.1 Å². The molecule has 0 atom stereocenters. The van der Waals surface area contributed by atoms with E-state index in [9.17, 15) is 0 Å². The van der Waals surface area contributed by atoms with Crippen molar-refractivity contribution in [3.05, 3.63) is 132 Å². The van der Waals surface area contributed by atoms with Gasteiger partial charge in [-0.05, 0) is 47.0 Å². The second kappa shape index (κ2) is 12.6. The first-order chi connectivity index (χ1) is 23.4. The van der Waals surface area contributed by atoms with Gasteiger partial charge >= 0.3 is 0 Å². The number of hydrogen-bond donors (Lipinski definition) is 0. The molecule has 0 aliphatic heterocycles. The fourth-order valence-corrected chi connectivity index (χ4v) is 4.88. The molecule has 0 unspecified atom stereocenters. The summed E-state index contributed by atoms with van der Waals surface area (Å²) in [6.07, 6.45) is 1.47. The first-order valence-electron chi connectivity index (χ1n) is 17.7. The predicted octanol–water partition coefficient (Wildman–Crippen LogP) is 10.4. The Labute approximate surface area is 278 Å². The number of benzene rings is 4. The molecule has 0 aliphatic rings. The van der Waals surface area contributed by atoms with E-state index in [-0.39, 0.29) is 31.2 Å². The van der Waals surface area contributed by atoms with Gasteiger partial charge in [0.2, 0.25) is 0 Å². The number of aryl methyl sites for hydroxylation is 2. The molecule has 3 heterocycles. The van der Waals surface area contributed by atoms with Crippen LogP contribution in [0.15, 0.2) is 108 Å². The van der Waals surface area contributed by atoms with Crippen molar-refractivity contribution in [2.75, 3.05) is 0 Å². The molecule has 0 saturated heterocycles. The topological polar surface area (TPSA) is 38.9 Å². The molecule has 0 saturated carbocycles. The number of fused-ring (bicyclic) bond motifs is 5. The normalized spacial score (nSPS) is 15.0. The Kier molecular flexibility index (Phi) is 6.33. The molecular weight excluding hydrogens is 705 g/mol. The summed E-state index contributed by atoms with van der Waals surface area (Å²) < 4.78 is 67.3. The second-order valence-electron chi connectivity index (χ2n) is 11.1. The minimum Gasteiger partial charge on any atom is -0.500 e. The zero-order valence-electron chi connectivity index (χ0n) is 32.0. The fraction of sp³-hybridized carbons (Fsp3) is 0.179. The Balaban J connectivity index is 0.000000211. The number of furan rings is 1. The van der Waals surface area contributed by atoms with Gasteiger partial charge in [-0.2, -0.15) is 0 Å². The standard InChI is InChI=1S/C26H22NO.C13H12N.Ir/c1-26(2,3)16-17-13-14-27-23(15-17)22-10-6-9-20-21-12-11-18-7-4-5-8-19(18)24(21)28-25(20)22;1-10-3-6-12(7-4-10)13-8-5-11(2)9-14-13;/h4-9,11-15H,16H2,1-3H3;3-6,8-9H,1-2H3;/q2*-1;/i16D2;1D3,2D3;. The van der Waals surface area contributed by atoms with Crippen LogP contribution in [0.25, 0.3) is 55.2 Å². The van der Waals surface area contributed by atoms with E-state index in [4.69, 9.17) is 15.4 Å². The van der Waals surface area contributed by atoms with Crippen LogP contribution in [0.3, 0.4) is 0 Å². The maximum Gasteiger partial charge on any atom is 0.128 e. The molecule has 3 nitrogen and oxygen atoms in total. The van der Waals surface area contributed by atoms with E-state index in [1.54, 1.807) is 24.4 Å². The van der Waals surface area contributed by atoms with Crippen LogP contribution in [0, 0.1) is 31.3 Å². The van der Waals surface area contributed by atoms with Gasteiger partial charge in [0.15, 0.2) is 0 Å². The SMILES string of the molecule is [2H]C([2H])([2H])c1c[c-]c(-c2ccc(C([2H])([2H])[2H])cn2)cc1.[2H]C([2H])(c1ccnc(-c2[c-]ccc3c2oc2c4ccccc4ccc32)c1)C(C)(C)C.[Ir]. The van der Waals surface area contributed by atoms with Gasteiger partial charge in [-0.1, -0.05) is 98.7 Å². The van der Waals surface area contributed by atoms with Gasteiger partial charge in [0, 0.05) is 54.2 Å². The summed E-state index contributed by atoms with van der Waals surface area (Å²) in [5.41, 5.74) is 4.60. The van der Waals surface area contributed by atoms with Crippen LogP contribution in [-0.4, -0.2) is 9.97 Å². The van der Waals surface area contributed by atoms with E-state index < -0.39 is 25.5 Å². The zero-order valence-corrected chi connectivity index (χ0v) is 26.3. The minimum absolute atomic E-state index is 0. The zero-order chi connectivity index (χ0) is 36.1. The summed E-state index contributed by atoms with van der Waals surface area (Å²) in [7, 11) is 0. The van der Waals surface area contributed by atoms with E-state index >= 15 is 0 Å². The number of pyridine rings is 2. The van der Waals surface area contributed by atoms with Crippen molar-refractivity contribution >= 4 is 32.7 Å². The predicted molar refractivity (Wildman–Crippen MR) is 174 cm³/mol.